The second kappa shape index (κ2) is 8.67. The molecule has 4 rings (SSSR count). The lowest BCUT2D eigenvalue weighted by Crippen LogP contribution is -2.53. The second-order valence-electron chi connectivity index (χ2n) is 7.76. The van der Waals surface area contributed by atoms with E-state index in [1.165, 1.54) is 11.6 Å². The summed E-state index contributed by atoms with van der Waals surface area (Å²) in [7, 11) is 0. The highest BCUT2D eigenvalue weighted by atomic mass is 19.4. The van der Waals surface area contributed by atoms with Crippen LogP contribution in [-0.2, 0) is 12.7 Å². The third-order valence-electron chi connectivity index (χ3n) is 5.89. The van der Waals surface area contributed by atoms with Gasteiger partial charge in [0.15, 0.2) is 0 Å². The smallest absolute Gasteiger partial charge is 0.354 e. The molecule has 5 nitrogen and oxygen atoms in total. The third kappa shape index (κ3) is 5.05. The van der Waals surface area contributed by atoms with Crippen molar-refractivity contribution in [3.63, 3.8) is 0 Å². The standard InChI is InChI=1S/C21H26F3N5/c22-21(23,24)19-2-1-3-20(26-19)29-14-12-28(13-15-29)18-6-10-27(11-7-18)16-17-4-8-25-9-5-17/h1-5,8-9,18H,6-7,10-16H2. The van der Waals surface area contributed by atoms with Crippen molar-refractivity contribution in [2.45, 2.75) is 31.6 Å². The monoisotopic (exact) mass is 405 g/mol. The predicted octanol–water partition coefficient (Wildman–Crippen LogP) is 3.28. The summed E-state index contributed by atoms with van der Waals surface area (Å²) in [6.07, 6.45) is 1.53. The van der Waals surface area contributed by atoms with Crippen molar-refractivity contribution in [2.24, 2.45) is 0 Å². The van der Waals surface area contributed by atoms with Gasteiger partial charge in [0, 0.05) is 51.2 Å². The predicted molar refractivity (Wildman–Crippen MR) is 106 cm³/mol. The van der Waals surface area contributed by atoms with Crippen molar-refractivity contribution in [3.05, 3.63) is 54.0 Å². The van der Waals surface area contributed by atoms with Gasteiger partial charge in [0.2, 0.25) is 0 Å². The van der Waals surface area contributed by atoms with E-state index in [9.17, 15) is 13.2 Å². The van der Waals surface area contributed by atoms with Crippen LogP contribution in [0.25, 0.3) is 0 Å². The van der Waals surface area contributed by atoms with Gasteiger partial charge in [-0.15, -0.1) is 0 Å². The first kappa shape index (κ1) is 20.1. The number of hydrogen-bond donors (Lipinski definition) is 0. The Kier molecular flexibility index (Phi) is 6.01. The number of nitrogens with zero attached hydrogens (tertiary/aromatic N) is 5. The number of halogens is 3. The lowest BCUT2D eigenvalue weighted by atomic mass is 10.0. The fourth-order valence-electron chi connectivity index (χ4n) is 4.26. The molecule has 0 bridgehead atoms. The molecule has 0 atom stereocenters. The molecular formula is C21H26F3N5. The summed E-state index contributed by atoms with van der Waals surface area (Å²) in [6, 6.07) is 8.82. The number of piperidine rings is 1. The third-order valence-corrected chi connectivity index (χ3v) is 5.89. The SMILES string of the molecule is FC(F)(F)c1cccc(N2CCN(C3CCN(Cc4ccncc4)CC3)CC2)n1. The van der Waals surface area contributed by atoms with E-state index >= 15 is 0 Å². The van der Waals surface area contributed by atoms with E-state index in [1.807, 2.05) is 17.3 Å². The van der Waals surface area contributed by atoms with Crippen LogP contribution in [-0.4, -0.2) is 65.1 Å². The molecule has 2 aliphatic rings. The molecule has 0 saturated carbocycles. The number of piperazine rings is 1. The Morgan fingerprint density at radius 3 is 2.24 bits per heavy atom. The number of likely N-dealkylation sites (tertiary alicyclic amines) is 1. The van der Waals surface area contributed by atoms with Crippen LogP contribution < -0.4 is 4.90 Å². The van der Waals surface area contributed by atoms with E-state index in [0.717, 1.165) is 51.6 Å². The molecule has 8 heteroatoms. The first-order valence-corrected chi connectivity index (χ1v) is 10.1. The number of pyridine rings is 2. The summed E-state index contributed by atoms with van der Waals surface area (Å²) < 4.78 is 38.7. The summed E-state index contributed by atoms with van der Waals surface area (Å²) in [5.41, 5.74) is 0.472. The molecule has 4 heterocycles. The maximum atomic E-state index is 12.9. The van der Waals surface area contributed by atoms with Crippen LogP contribution in [0.5, 0.6) is 0 Å². The van der Waals surface area contributed by atoms with Crippen LogP contribution in [0.2, 0.25) is 0 Å². The minimum Gasteiger partial charge on any atom is -0.354 e. The van der Waals surface area contributed by atoms with E-state index in [0.29, 0.717) is 24.9 Å². The van der Waals surface area contributed by atoms with Crippen LogP contribution in [0, 0.1) is 0 Å². The molecule has 0 spiro atoms. The molecule has 0 amide bonds. The maximum absolute atomic E-state index is 12.9. The quantitative estimate of drug-likeness (QED) is 0.780. The van der Waals surface area contributed by atoms with E-state index in [-0.39, 0.29) is 0 Å². The van der Waals surface area contributed by atoms with Gasteiger partial charge in [-0.2, -0.15) is 13.2 Å². The minimum atomic E-state index is -4.40. The molecule has 156 valence electrons. The Bertz CT molecular complexity index is 782. The highest BCUT2D eigenvalue weighted by Crippen LogP contribution is 2.29. The van der Waals surface area contributed by atoms with Crippen molar-refractivity contribution in [3.8, 4) is 0 Å². The van der Waals surface area contributed by atoms with Gasteiger partial charge in [0.05, 0.1) is 0 Å². The van der Waals surface area contributed by atoms with Crippen molar-refractivity contribution < 1.29 is 13.2 Å². The summed E-state index contributed by atoms with van der Waals surface area (Å²) in [4.78, 5) is 14.8. The molecule has 0 aliphatic carbocycles. The normalized spacial score (nSPS) is 20.2. The summed E-state index contributed by atoms with van der Waals surface area (Å²) in [6.45, 7) is 6.27. The molecule has 0 unspecified atom stereocenters. The Balaban J connectivity index is 1.26. The molecular weight excluding hydrogens is 379 g/mol. The van der Waals surface area contributed by atoms with Crippen LogP contribution in [0.4, 0.5) is 19.0 Å². The fraction of sp³-hybridized carbons (Fsp3) is 0.524. The lowest BCUT2D eigenvalue weighted by Gasteiger charge is -2.43. The van der Waals surface area contributed by atoms with Crippen molar-refractivity contribution >= 4 is 5.82 Å². The molecule has 29 heavy (non-hydrogen) atoms. The van der Waals surface area contributed by atoms with E-state index in [4.69, 9.17) is 0 Å². The molecule has 0 radical (unpaired) electrons. The van der Waals surface area contributed by atoms with Gasteiger partial charge in [-0.3, -0.25) is 14.8 Å². The van der Waals surface area contributed by atoms with Gasteiger partial charge in [-0.25, -0.2) is 4.98 Å². The second-order valence-corrected chi connectivity index (χ2v) is 7.76. The number of anilines is 1. The van der Waals surface area contributed by atoms with Gasteiger partial charge in [0.25, 0.3) is 0 Å². The summed E-state index contributed by atoms with van der Waals surface area (Å²) >= 11 is 0. The van der Waals surface area contributed by atoms with Gasteiger partial charge in [-0.1, -0.05) is 6.07 Å². The average Bonchev–Trinajstić information content (AvgIpc) is 2.75. The van der Waals surface area contributed by atoms with Crippen LogP contribution in [0.15, 0.2) is 42.7 Å². The Labute approximate surface area is 169 Å². The molecule has 2 aromatic heterocycles. The van der Waals surface area contributed by atoms with Crippen LogP contribution in [0.1, 0.15) is 24.1 Å². The number of alkyl halides is 3. The fourth-order valence-corrected chi connectivity index (χ4v) is 4.26. The first-order chi connectivity index (χ1) is 14.0. The lowest BCUT2D eigenvalue weighted by molar-refractivity contribution is -0.141. The Morgan fingerprint density at radius 1 is 0.897 bits per heavy atom. The van der Waals surface area contributed by atoms with Gasteiger partial charge < -0.3 is 4.90 Å². The van der Waals surface area contributed by atoms with Crippen molar-refractivity contribution in [1.82, 2.24) is 19.8 Å². The van der Waals surface area contributed by atoms with Crippen LogP contribution in [0.3, 0.4) is 0 Å². The Morgan fingerprint density at radius 2 is 1.59 bits per heavy atom. The van der Waals surface area contributed by atoms with Gasteiger partial charge >= 0.3 is 6.18 Å². The maximum Gasteiger partial charge on any atom is 0.433 e. The largest absolute Gasteiger partial charge is 0.433 e. The van der Waals surface area contributed by atoms with E-state index in [2.05, 4.69) is 31.9 Å². The summed E-state index contributed by atoms with van der Waals surface area (Å²) in [5, 5.41) is 0. The zero-order valence-electron chi connectivity index (χ0n) is 16.4. The molecule has 2 saturated heterocycles. The zero-order valence-corrected chi connectivity index (χ0v) is 16.4. The summed E-state index contributed by atoms with van der Waals surface area (Å²) in [5.74, 6) is 0.423. The minimum absolute atomic E-state index is 0.423. The topological polar surface area (TPSA) is 35.5 Å². The Hall–Kier alpha value is -2.19. The van der Waals surface area contributed by atoms with Gasteiger partial charge in [-0.05, 0) is 55.8 Å². The molecule has 2 aliphatic heterocycles. The van der Waals surface area contributed by atoms with Crippen molar-refractivity contribution in [2.75, 3.05) is 44.2 Å². The molecule has 2 aromatic rings. The molecule has 0 N–H and O–H groups in total. The zero-order chi connectivity index (χ0) is 20.3. The van der Waals surface area contributed by atoms with E-state index < -0.39 is 11.9 Å². The average molecular weight is 405 g/mol. The number of aromatic nitrogens is 2. The molecule has 0 aromatic carbocycles. The van der Waals surface area contributed by atoms with Crippen LogP contribution >= 0.6 is 0 Å². The highest BCUT2D eigenvalue weighted by Gasteiger charge is 2.33. The van der Waals surface area contributed by atoms with Gasteiger partial charge in [0.1, 0.15) is 11.5 Å². The highest BCUT2D eigenvalue weighted by molar-refractivity contribution is 5.40. The first-order valence-electron chi connectivity index (χ1n) is 10.1. The molecule has 2 fully saturated rings. The van der Waals surface area contributed by atoms with Crippen molar-refractivity contribution in [1.29, 1.82) is 0 Å². The number of rotatable bonds is 4. The van der Waals surface area contributed by atoms with E-state index in [1.54, 1.807) is 6.07 Å². The number of hydrogen-bond acceptors (Lipinski definition) is 5.